The molecule has 1 aromatic heterocycles. The van der Waals surface area contributed by atoms with E-state index in [0.29, 0.717) is 36.5 Å². The summed E-state index contributed by atoms with van der Waals surface area (Å²) in [6.07, 6.45) is 2.54. The summed E-state index contributed by atoms with van der Waals surface area (Å²) in [4.78, 5) is 15.3. The Morgan fingerprint density at radius 3 is 2.62 bits per heavy atom. The lowest BCUT2D eigenvalue weighted by Gasteiger charge is -2.29. The molecule has 0 saturated heterocycles. The van der Waals surface area contributed by atoms with Crippen LogP contribution in [-0.4, -0.2) is 54.9 Å². The minimum atomic E-state index is 0.335. The van der Waals surface area contributed by atoms with Crippen LogP contribution in [0.15, 0.2) is 0 Å². The predicted octanol–water partition coefficient (Wildman–Crippen LogP) is 1.56. The van der Waals surface area contributed by atoms with E-state index in [2.05, 4.69) is 32.1 Å². The van der Waals surface area contributed by atoms with Gasteiger partial charge in [-0.05, 0) is 32.6 Å². The SMILES string of the molecule is CCNc1nc(OC)nc(N(CCOC)C(C)C2CC2)n1. The lowest BCUT2D eigenvalue weighted by atomic mass is 10.2. The van der Waals surface area contributed by atoms with Crippen molar-refractivity contribution in [3.63, 3.8) is 0 Å². The molecule has 0 radical (unpaired) electrons. The molecule has 0 amide bonds. The van der Waals surface area contributed by atoms with Gasteiger partial charge >= 0.3 is 6.01 Å². The maximum atomic E-state index is 5.22. The van der Waals surface area contributed by atoms with Crippen molar-refractivity contribution in [1.82, 2.24) is 15.0 Å². The van der Waals surface area contributed by atoms with Crippen LogP contribution in [0.2, 0.25) is 0 Å². The highest BCUT2D eigenvalue weighted by Crippen LogP contribution is 2.36. The second-order valence-electron chi connectivity index (χ2n) is 5.24. The number of hydrogen-bond acceptors (Lipinski definition) is 7. The average molecular weight is 295 g/mol. The van der Waals surface area contributed by atoms with Gasteiger partial charge in [0.25, 0.3) is 0 Å². The van der Waals surface area contributed by atoms with E-state index in [0.717, 1.165) is 13.1 Å². The van der Waals surface area contributed by atoms with E-state index >= 15 is 0 Å². The molecule has 1 fully saturated rings. The molecule has 118 valence electrons. The first kappa shape index (κ1) is 15.8. The van der Waals surface area contributed by atoms with E-state index in [1.54, 1.807) is 14.2 Å². The van der Waals surface area contributed by atoms with Crippen LogP contribution in [0.3, 0.4) is 0 Å². The van der Waals surface area contributed by atoms with Crippen LogP contribution in [0, 0.1) is 5.92 Å². The van der Waals surface area contributed by atoms with Gasteiger partial charge in [0.05, 0.1) is 13.7 Å². The van der Waals surface area contributed by atoms with E-state index in [1.165, 1.54) is 12.8 Å². The number of anilines is 2. The quantitative estimate of drug-likeness (QED) is 0.741. The molecule has 0 aliphatic heterocycles. The Morgan fingerprint density at radius 1 is 1.29 bits per heavy atom. The summed E-state index contributed by atoms with van der Waals surface area (Å²) >= 11 is 0. The highest BCUT2D eigenvalue weighted by Gasteiger charge is 2.33. The van der Waals surface area contributed by atoms with Crippen molar-refractivity contribution in [2.45, 2.75) is 32.7 Å². The van der Waals surface area contributed by atoms with Gasteiger partial charge in [0.2, 0.25) is 11.9 Å². The first-order valence-corrected chi connectivity index (χ1v) is 7.49. The van der Waals surface area contributed by atoms with Crippen LogP contribution in [0.5, 0.6) is 6.01 Å². The largest absolute Gasteiger partial charge is 0.467 e. The van der Waals surface area contributed by atoms with Gasteiger partial charge in [-0.1, -0.05) is 0 Å². The van der Waals surface area contributed by atoms with E-state index in [9.17, 15) is 0 Å². The normalized spacial score (nSPS) is 15.6. The molecule has 1 aliphatic carbocycles. The molecule has 7 heteroatoms. The van der Waals surface area contributed by atoms with Crippen molar-refractivity contribution >= 4 is 11.9 Å². The predicted molar refractivity (Wildman–Crippen MR) is 82.0 cm³/mol. The Kier molecular flexibility index (Phi) is 5.55. The fraction of sp³-hybridized carbons (Fsp3) is 0.786. The van der Waals surface area contributed by atoms with Crippen molar-refractivity contribution in [3.05, 3.63) is 0 Å². The first-order valence-electron chi connectivity index (χ1n) is 7.49. The lowest BCUT2D eigenvalue weighted by Crippen LogP contribution is -2.38. The second kappa shape index (κ2) is 7.40. The Morgan fingerprint density at radius 2 is 2.05 bits per heavy atom. The average Bonchev–Trinajstić information content (AvgIpc) is 3.32. The van der Waals surface area contributed by atoms with Crippen molar-refractivity contribution < 1.29 is 9.47 Å². The van der Waals surface area contributed by atoms with Gasteiger partial charge in [0.15, 0.2) is 0 Å². The van der Waals surface area contributed by atoms with Crippen LogP contribution >= 0.6 is 0 Å². The van der Waals surface area contributed by atoms with Gasteiger partial charge in [-0.15, -0.1) is 0 Å². The molecule has 1 aliphatic rings. The molecule has 7 nitrogen and oxygen atoms in total. The molecule has 1 unspecified atom stereocenters. The summed E-state index contributed by atoms with van der Waals surface area (Å²) in [5.41, 5.74) is 0. The number of nitrogens with one attached hydrogen (secondary N) is 1. The second-order valence-corrected chi connectivity index (χ2v) is 5.24. The van der Waals surface area contributed by atoms with Crippen LogP contribution in [0.25, 0.3) is 0 Å². The highest BCUT2D eigenvalue weighted by atomic mass is 16.5. The van der Waals surface area contributed by atoms with Crippen LogP contribution in [0.4, 0.5) is 11.9 Å². The zero-order chi connectivity index (χ0) is 15.2. The monoisotopic (exact) mass is 295 g/mol. The minimum Gasteiger partial charge on any atom is -0.467 e. The Labute approximate surface area is 126 Å². The van der Waals surface area contributed by atoms with Gasteiger partial charge in [0.1, 0.15) is 0 Å². The van der Waals surface area contributed by atoms with Gasteiger partial charge < -0.3 is 19.7 Å². The zero-order valence-electron chi connectivity index (χ0n) is 13.3. The Bertz CT molecular complexity index is 453. The van der Waals surface area contributed by atoms with Crippen molar-refractivity contribution in [3.8, 4) is 6.01 Å². The number of hydrogen-bond donors (Lipinski definition) is 1. The molecule has 0 spiro atoms. The smallest absolute Gasteiger partial charge is 0.322 e. The third-order valence-electron chi connectivity index (χ3n) is 3.71. The first-order chi connectivity index (χ1) is 10.2. The van der Waals surface area contributed by atoms with Crippen LogP contribution in [0.1, 0.15) is 26.7 Å². The summed E-state index contributed by atoms with van der Waals surface area (Å²) in [7, 11) is 3.27. The fourth-order valence-corrected chi connectivity index (χ4v) is 2.31. The van der Waals surface area contributed by atoms with Crippen molar-refractivity contribution in [2.75, 3.05) is 44.1 Å². The number of ether oxygens (including phenoxy) is 2. The third-order valence-corrected chi connectivity index (χ3v) is 3.71. The van der Waals surface area contributed by atoms with Gasteiger partial charge in [-0.2, -0.15) is 15.0 Å². The topological polar surface area (TPSA) is 72.4 Å². The highest BCUT2D eigenvalue weighted by molar-refractivity contribution is 5.39. The standard InChI is InChI=1S/C14H25N5O2/c1-5-15-12-16-13(18-14(17-12)21-4)19(8-9-20-3)10(2)11-6-7-11/h10-11H,5-9H2,1-4H3,(H,15,16,17,18). The summed E-state index contributed by atoms with van der Waals surface area (Å²) < 4.78 is 10.4. The lowest BCUT2D eigenvalue weighted by molar-refractivity contribution is 0.202. The van der Waals surface area contributed by atoms with E-state index < -0.39 is 0 Å². The van der Waals surface area contributed by atoms with Gasteiger partial charge in [0, 0.05) is 26.2 Å². The molecule has 21 heavy (non-hydrogen) atoms. The van der Waals surface area contributed by atoms with E-state index in [-0.39, 0.29) is 0 Å². The summed E-state index contributed by atoms with van der Waals surface area (Å²) in [6, 6.07) is 0.725. The molecule has 1 N–H and O–H groups in total. The van der Waals surface area contributed by atoms with Crippen LogP contribution in [-0.2, 0) is 4.74 Å². The number of aromatic nitrogens is 3. The van der Waals surface area contributed by atoms with Gasteiger partial charge in [-0.3, -0.25) is 0 Å². The maximum Gasteiger partial charge on any atom is 0.322 e. The molecule has 0 aromatic carbocycles. The van der Waals surface area contributed by atoms with E-state index in [4.69, 9.17) is 9.47 Å². The minimum absolute atomic E-state index is 0.335. The molecular weight excluding hydrogens is 270 g/mol. The molecular formula is C14H25N5O2. The summed E-state index contributed by atoms with van der Waals surface area (Å²) in [5.74, 6) is 1.91. The number of nitrogens with zero attached hydrogens (tertiary/aromatic N) is 4. The number of rotatable bonds is 9. The summed E-state index contributed by atoms with van der Waals surface area (Å²) in [6.45, 7) is 6.37. The fourth-order valence-electron chi connectivity index (χ4n) is 2.31. The molecule has 1 saturated carbocycles. The Balaban J connectivity index is 2.25. The Hall–Kier alpha value is -1.63. The molecule has 1 aromatic rings. The molecule has 1 heterocycles. The maximum absolute atomic E-state index is 5.22. The number of methoxy groups -OCH3 is 2. The molecule has 0 bridgehead atoms. The van der Waals surface area contributed by atoms with Gasteiger partial charge in [-0.25, -0.2) is 0 Å². The molecule has 1 atom stereocenters. The summed E-state index contributed by atoms with van der Waals surface area (Å²) in [5, 5.41) is 3.12. The van der Waals surface area contributed by atoms with Crippen LogP contribution < -0.4 is 15.0 Å². The zero-order valence-corrected chi connectivity index (χ0v) is 13.3. The molecule has 2 rings (SSSR count). The third kappa shape index (κ3) is 4.17. The van der Waals surface area contributed by atoms with E-state index in [1.807, 2.05) is 6.92 Å². The van der Waals surface area contributed by atoms with Crippen molar-refractivity contribution in [1.29, 1.82) is 0 Å². The van der Waals surface area contributed by atoms with Crippen molar-refractivity contribution in [2.24, 2.45) is 5.92 Å².